The molecule has 0 spiro atoms. The quantitative estimate of drug-likeness (QED) is 0.625. The van der Waals surface area contributed by atoms with Crippen LogP contribution in [0.1, 0.15) is 5.56 Å². The van der Waals surface area contributed by atoms with Gasteiger partial charge < -0.3 is 5.32 Å². The van der Waals surface area contributed by atoms with Crippen LogP contribution in [0.5, 0.6) is 0 Å². The van der Waals surface area contributed by atoms with E-state index in [1.165, 1.54) is 4.68 Å². The molecule has 0 aliphatic carbocycles. The molecular weight excluding hydrogens is 340 g/mol. The number of rotatable bonds is 8. The summed E-state index contributed by atoms with van der Waals surface area (Å²) in [5, 5.41) is 7.09. The molecule has 1 N–H and O–H groups in total. The van der Waals surface area contributed by atoms with Crippen molar-refractivity contribution in [3.63, 3.8) is 0 Å². The highest BCUT2D eigenvalue weighted by Gasteiger charge is 2.16. The molecule has 1 amide bonds. The molecule has 0 atom stereocenters. The van der Waals surface area contributed by atoms with E-state index in [0.717, 1.165) is 11.1 Å². The fourth-order valence-corrected chi connectivity index (χ4v) is 2.81. The first-order valence-electron chi connectivity index (χ1n) is 8.83. The smallest absolute Gasteiger partial charge is 0.346 e. The maximum absolute atomic E-state index is 12.9. The summed E-state index contributed by atoms with van der Waals surface area (Å²) in [6, 6.07) is 19.5. The van der Waals surface area contributed by atoms with Crippen LogP contribution < -0.4 is 11.0 Å². The Morgan fingerprint density at radius 1 is 1.07 bits per heavy atom. The standard InChI is InChI=1S/C21H22N4O2/c1-2-14-22-19(26)16-25-21(27)24(15-13-17-9-5-3-6-10-17)20(23-25)18-11-7-4-8-12-18/h2-12H,1,13-16H2,(H,22,26). The third-order valence-electron chi connectivity index (χ3n) is 4.16. The highest BCUT2D eigenvalue weighted by Crippen LogP contribution is 2.15. The lowest BCUT2D eigenvalue weighted by Gasteiger charge is -2.06. The van der Waals surface area contributed by atoms with Crippen LogP contribution in [0.15, 0.2) is 78.1 Å². The SMILES string of the molecule is C=CCNC(=O)Cn1nc(-c2ccccc2)n(CCc2ccccc2)c1=O. The van der Waals surface area contributed by atoms with Gasteiger partial charge in [0, 0.05) is 18.7 Å². The number of carbonyl (C=O) groups is 1. The van der Waals surface area contributed by atoms with E-state index in [4.69, 9.17) is 0 Å². The fraction of sp³-hybridized carbons (Fsp3) is 0.190. The van der Waals surface area contributed by atoms with Crippen molar-refractivity contribution in [3.8, 4) is 11.4 Å². The summed E-state index contributed by atoms with van der Waals surface area (Å²) >= 11 is 0. The minimum atomic E-state index is -0.293. The van der Waals surface area contributed by atoms with Crippen molar-refractivity contribution in [2.24, 2.45) is 0 Å². The molecule has 27 heavy (non-hydrogen) atoms. The largest absolute Gasteiger partial charge is 0.351 e. The van der Waals surface area contributed by atoms with Gasteiger partial charge >= 0.3 is 5.69 Å². The maximum Gasteiger partial charge on any atom is 0.346 e. The average molecular weight is 362 g/mol. The van der Waals surface area contributed by atoms with Crippen molar-refractivity contribution in [3.05, 3.63) is 89.4 Å². The summed E-state index contributed by atoms with van der Waals surface area (Å²) in [5.41, 5.74) is 1.69. The second kappa shape index (κ2) is 8.80. The van der Waals surface area contributed by atoms with Crippen molar-refractivity contribution in [1.29, 1.82) is 0 Å². The number of aryl methyl sites for hydroxylation is 1. The Hall–Kier alpha value is -3.41. The Balaban J connectivity index is 1.90. The minimum Gasteiger partial charge on any atom is -0.351 e. The average Bonchev–Trinajstić information content (AvgIpc) is 3.01. The molecular formula is C21H22N4O2. The summed E-state index contributed by atoms with van der Waals surface area (Å²) in [7, 11) is 0. The summed E-state index contributed by atoms with van der Waals surface area (Å²) < 4.78 is 2.84. The van der Waals surface area contributed by atoms with Gasteiger partial charge in [-0.15, -0.1) is 11.7 Å². The Kier molecular flexibility index (Phi) is 5.99. The van der Waals surface area contributed by atoms with Gasteiger partial charge in [-0.3, -0.25) is 9.36 Å². The molecule has 0 aliphatic rings. The van der Waals surface area contributed by atoms with Crippen LogP contribution in [0.2, 0.25) is 0 Å². The lowest BCUT2D eigenvalue weighted by Crippen LogP contribution is -2.34. The number of nitrogens with one attached hydrogen (secondary N) is 1. The Bertz CT molecular complexity index is 959. The highest BCUT2D eigenvalue weighted by atomic mass is 16.2. The van der Waals surface area contributed by atoms with E-state index in [1.807, 2.05) is 60.7 Å². The molecule has 6 nitrogen and oxygen atoms in total. The number of nitrogens with zero attached hydrogens (tertiary/aromatic N) is 3. The second-order valence-corrected chi connectivity index (χ2v) is 6.11. The van der Waals surface area contributed by atoms with Crippen molar-refractivity contribution in [2.75, 3.05) is 6.54 Å². The monoisotopic (exact) mass is 362 g/mol. The van der Waals surface area contributed by atoms with E-state index in [9.17, 15) is 9.59 Å². The van der Waals surface area contributed by atoms with Gasteiger partial charge in [0.1, 0.15) is 6.54 Å². The first-order valence-corrected chi connectivity index (χ1v) is 8.83. The molecule has 0 saturated carbocycles. The van der Waals surface area contributed by atoms with Crippen LogP contribution in [0, 0.1) is 0 Å². The van der Waals surface area contributed by atoms with Crippen LogP contribution >= 0.6 is 0 Å². The van der Waals surface area contributed by atoms with Crippen molar-refractivity contribution in [2.45, 2.75) is 19.5 Å². The zero-order valence-corrected chi connectivity index (χ0v) is 15.0. The summed E-state index contributed by atoms with van der Waals surface area (Å²) in [6.07, 6.45) is 2.30. The summed E-state index contributed by atoms with van der Waals surface area (Å²) in [4.78, 5) is 24.8. The number of benzene rings is 2. The molecule has 1 heterocycles. The van der Waals surface area contributed by atoms with E-state index in [-0.39, 0.29) is 18.1 Å². The van der Waals surface area contributed by atoms with Crippen molar-refractivity contribution in [1.82, 2.24) is 19.7 Å². The molecule has 2 aromatic carbocycles. The predicted octanol–water partition coefficient (Wildman–Crippen LogP) is 2.26. The van der Waals surface area contributed by atoms with Gasteiger partial charge in [-0.25, -0.2) is 9.48 Å². The molecule has 0 saturated heterocycles. The van der Waals surface area contributed by atoms with E-state index in [1.54, 1.807) is 10.6 Å². The normalized spacial score (nSPS) is 10.5. The van der Waals surface area contributed by atoms with Gasteiger partial charge in [-0.2, -0.15) is 0 Å². The molecule has 0 bridgehead atoms. The molecule has 0 aliphatic heterocycles. The Morgan fingerprint density at radius 2 is 1.74 bits per heavy atom. The molecule has 138 valence electrons. The number of hydrogen-bond donors (Lipinski definition) is 1. The van der Waals surface area contributed by atoms with Crippen LogP contribution in [-0.4, -0.2) is 26.8 Å². The van der Waals surface area contributed by atoms with Gasteiger partial charge in [0.2, 0.25) is 5.91 Å². The third kappa shape index (κ3) is 4.61. The van der Waals surface area contributed by atoms with Crippen molar-refractivity contribution >= 4 is 5.91 Å². The van der Waals surface area contributed by atoms with E-state index >= 15 is 0 Å². The van der Waals surface area contributed by atoms with Gasteiger partial charge in [-0.05, 0) is 12.0 Å². The molecule has 1 aromatic heterocycles. The molecule has 0 fully saturated rings. The lowest BCUT2D eigenvalue weighted by molar-refractivity contribution is -0.121. The number of carbonyl (C=O) groups excluding carboxylic acids is 1. The lowest BCUT2D eigenvalue weighted by atomic mass is 10.1. The highest BCUT2D eigenvalue weighted by molar-refractivity contribution is 5.75. The molecule has 3 aromatic rings. The maximum atomic E-state index is 12.9. The topological polar surface area (TPSA) is 68.9 Å². The summed E-state index contributed by atoms with van der Waals surface area (Å²) in [6.45, 7) is 4.29. The number of hydrogen-bond acceptors (Lipinski definition) is 3. The zero-order chi connectivity index (χ0) is 19.1. The Morgan fingerprint density at radius 3 is 2.41 bits per heavy atom. The van der Waals surface area contributed by atoms with Gasteiger partial charge in [0.05, 0.1) is 0 Å². The minimum absolute atomic E-state index is 0.120. The first-order chi connectivity index (χ1) is 13.2. The third-order valence-corrected chi connectivity index (χ3v) is 4.16. The van der Waals surface area contributed by atoms with Crippen molar-refractivity contribution < 1.29 is 4.79 Å². The molecule has 6 heteroatoms. The van der Waals surface area contributed by atoms with Gasteiger partial charge in [-0.1, -0.05) is 66.7 Å². The Labute approximate surface area is 157 Å². The predicted molar refractivity (Wildman–Crippen MR) is 105 cm³/mol. The summed E-state index contributed by atoms with van der Waals surface area (Å²) in [5.74, 6) is 0.289. The molecule has 0 unspecified atom stereocenters. The number of aromatic nitrogens is 3. The van der Waals surface area contributed by atoms with Crippen LogP contribution in [0.4, 0.5) is 0 Å². The molecule has 3 rings (SSSR count). The van der Waals surface area contributed by atoms with Crippen LogP contribution in [-0.2, 0) is 24.3 Å². The second-order valence-electron chi connectivity index (χ2n) is 6.11. The van der Waals surface area contributed by atoms with Gasteiger partial charge in [0.25, 0.3) is 0 Å². The fourth-order valence-electron chi connectivity index (χ4n) is 2.81. The van der Waals surface area contributed by atoms with Gasteiger partial charge in [0.15, 0.2) is 5.82 Å². The first kappa shape index (κ1) is 18.4. The number of amides is 1. The van der Waals surface area contributed by atoms with E-state index in [2.05, 4.69) is 17.0 Å². The van der Waals surface area contributed by atoms with Crippen LogP contribution in [0.3, 0.4) is 0 Å². The van der Waals surface area contributed by atoms with E-state index in [0.29, 0.717) is 25.3 Å². The van der Waals surface area contributed by atoms with E-state index < -0.39 is 0 Å². The van der Waals surface area contributed by atoms with Crippen LogP contribution in [0.25, 0.3) is 11.4 Å². The molecule has 0 radical (unpaired) electrons. The zero-order valence-electron chi connectivity index (χ0n) is 15.0.